The molecule has 0 aromatic heterocycles. The lowest BCUT2D eigenvalue weighted by molar-refractivity contribution is -0.289. The first-order valence-corrected chi connectivity index (χ1v) is 5.16. The Morgan fingerprint density at radius 2 is 1.42 bits per heavy atom. The summed E-state index contributed by atoms with van der Waals surface area (Å²) < 4.78 is 87.4. The summed E-state index contributed by atoms with van der Waals surface area (Å²) in [7, 11) is 0. The molecular weight excluding hydrogens is 279 g/mol. The van der Waals surface area contributed by atoms with E-state index in [2.05, 4.69) is 0 Å². The second kappa shape index (κ2) is 5.36. The van der Waals surface area contributed by atoms with E-state index in [4.69, 9.17) is 5.73 Å². The van der Waals surface area contributed by atoms with Gasteiger partial charge < -0.3 is 5.73 Å². The molecule has 1 aromatic carbocycles. The molecule has 0 fully saturated rings. The van der Waals surface area contributed by atoms with Crippen molar-refractivity contribution in [2.24, 2.45) is 11.7 Å². The van der Waals surface area contributed by atoms with Crippen molar-refractivity contribution in [3.05, 3.63) is 35.6 Å². The van der Waals surface area contributed by atoms with Gasteiger partial charge in [-0.3, -0.25) is 0 Å². The van der Waals surface area contributed by atoms with Gasteiger partial charge in [-0.05, 0) is 18.1 Å². The van der Waals surface area contributed by atoms with E-state index >= 15 is 0 Å². The molecule has 0 aliphatic rings. The Kier molecular flexibility index (Phi) is 4.44. The van der Waals surface area contributed by atoms with E-state index < -0.39 is 36.6 Å². The van der Waals surface area contributed by atoms with E-state index in [-0.39, 0.29) is 5.56 Å². The van der Waals surface area contributed by atoms with Gasteiger partial charge in [0.05, 0.1) is 0 Å². The van der Waals surface area contributed by atoms with Crippen LogP contribution in [0.5, 0.6) is 0 Å². The molecule has 0 amide bonds. The highest BCUT2D eigenvalue weighted by Gasteiger charge is 2.59. The van der Waals surface area contributed by atoms with Crippen molar-refractivity contribution >= 4 is 0 Å². The number of benzene rings is 1. The molecule has 0 heterocycles. The second-order valence-electron chi connectivity index (χ2n) is 4.02. The van der Waals surface area contributed by atoms with Crippen molar-refractivity contribution in [2.45, 2.75) is 24.8 Å². The summed E-state index contributed by atoms with van der Waals surface area (Å²) in [6.07, 6.45) is -11.9. The fourth-order valence-corrected chi connectivity index (χ4v) is 1.71. The molecule has 2 N–H and O–H groups in total. The molecule has 0 spiro atoms. The summed E-state index contributed by atoms with van der Waals surface area (Å²) in [5.74, 6) is -4.57. The zero-order chi connectivity index (χ0) is 14.8. The van der Waals surface area contributed by atoms with Crippen LogP contribution in [0.4, 0.5) is 30.7 Å². The third-order valence-corrected chi connectivity index (χ3v) is 2.55. The third-order valence-electron chi connectivity index (χ3n) is 2.55. The van der Waals surface area contributed by atoms with Gasteiger partial charge in [0.15, 0.2) is 5.92 Å². The number of nitrogens with two attached hydrogens (primary N) is 1. The topological polar surface area (TPSA) is 26.0 Å². The third kappa shape index (κ3) is 4.09. The Morgan fingerprint density at radius 1 is 0.947 bits per heavy atom. The highest BCUT2D eigenvalue weighted by molar-refractivity contribution is 5.18. The Morgan fingerprint density at radius 3 is 1.84 bits per heavy atom. The van der Waals surface area contributed by atoms with Gasteiger partial charge in [0.1, 0.15) is 5.82 Å². The normalized spacial score (nSPS) is 14.8. The first kappa shape index (κ1) is 15.7. The molecule has 1 atom stereocenters. The molecule has 108 valence electrons. The van der Waals surface area contributed by atoms with Crippen LogP contribution in [0.2, 0.25) is 0 Å². The lowest BCUT2D eigenvalue weighted by Gasteiger charge is -2.28. The van der Waals surface area contributed by atoms with E-state index in [0.29, 0.717) is 0 Å². The van der Waals surface area contributed by atoms with Crippen molar-refractivity contribution in [1.29, 1.82) is 0 Å². The van der Waals surface area contributed by atoms with Crippen LogP contribution < -0.4 is 5.73 Å². The van der Waals surface area contributed by atoms with Crippen LogP contribution in [-0.2, 0) is 6.42 Å². The van der Waals surface area contributed by atoms with E-state index in [1.165, 1.54) is 12.1 Å². The summed E-state index contributed by atoms with van der Waals surface area (Å²) in [5, 5.41) is 0. The van der Waals surface area contributed by atoms with E-state index in [0.717, 1.165) is 12.1 Å². The van der Waals surface area contributed by atoms with Crippen molar-refractivity contribution in [2.75, 3.05) is 0 Å². The molecule has 0 aliphatic heterocycles. The molecule has 8 heteroatoms. The number of hydrogen-bond donors (Lipinski definition) is 1. The molecule has 1 nitrogen and oxygen atoms in total. The maximum absolute atomic E-state index is 13.2. The molecule has 19 heavy (non-hydrogen) atoms. The van der Waals surface area contributed by atoms with Gasteiger partial charge in [0, 0.05) is 6.04 Å². The van der Waals surface area contributed by atoms with Crippen LogP contribution in [-0.4, -0.2) is 18.4 Å². The number of halogens is 7. The number of hydrogen-bond acceptors (Lipinski definition) is 1. The Labute approximate surface area is 104 Å². The van der Waals surface area contributed by atoms with Gasteiger partial charge in [0.25, 0.3) is 0 Å². The molecule has 0 saturated carbocycles. The van der Waals surface area contributed by atoms with Gasteiger partial charge in [-0.2, -0.15) is 26.3 Å². The van der Waals surface area contributed by atoms with Gasteiger partial charge >= 0.3 is 12.4 Å². The molecule has 0 saturated heterocycles. The summed E-state index contributed by atoms with van der Waals surface area (Å²) in [6, 6.07) is 2.32. The summed E-state index contributed by atoms with van der Waals surface area (Å²) in [6.45, 7) is 0. The largest absolute Gasteiger partial charge is 0.402 e. The van der Waals surface area contributed by atoms with Gasteiger partial charge in [0.2, 0.25) is 0 Å². The van der Waals surface area contributed by atoms with Crippen molar-refractivity contribution in [1.82, 2.24) is 0 Å². The van der Waals surface area contributed by atoms with Gasteiger partial charge in [-0.25, -0.2) is 4.39 Å². The average Bonchev–Trinajstić information content (AvgIpc) is 2.16. The minimum Gasteiger partial charge on any atom is -0.327 e. The quantitative estimate of drug-likeness (QED) is 0.848. The van der Waals surface area contributed by atoms with E-state index in [9.17, 15) is 30.7 Å². The molecular formula is C11H10F7N. The van der Waals surface area contributed by atoms with Crippen molar-refractivity contribution < 1.29 is 30.7 Å². The highest BCUT2D eigenvalue weighted by atomic mass is 19.4. The highest BCUT2D eigenvalue weighted by Crippen LogP contribution is 2.41. The molecule has 0 aliphatic carbocycles. The minimum absolute atomic E-state index is 0.284. The minimum atomic E-state index is -5.52. The van der Waals surface area contributed by atoms with Crippen LogP contribution in [0.3, 0.4) is 0 Å². The average molecular weight is 289 g/mol. The number of alkyl halides is 6. The lowest BCUT2D eigenvalue weighted by Crippen LogP contribution is -2.49. The standard InChI is InChI=1S/C11H10F7N/c12-7-4-2-1-3-6(7)5-8(19)9(10(13,14)15)11(16,17)18/h1-4,8-9H,5,19H2. The fraction of sp³-hybridized carbons (Fsp3) is 0.455. The van der Waals surface area contributed by atoms with Crippen molar-refractivity contribution in [3.63, 3.8) is 0 Å². The van der Waals surface area contributed by atoms with Crippen molar-refractivity contribution in [3.8, 4) is 0 Å². The fourth-order valence-electron chi connectivity index (χ4n) is 1.71. The molecule has 0 bridgehead atoms. The number of rotatable bonds is 3. The Hall–Kier alpha value is -1.31. The summed E-state index contributed by atoms with van der Waals surface area (Å²) >= 11 is 0. The van der Waals surface area contributed by atoms with Gasteiger partial charge in [-0.1, -0.05) is 18.2 Å². The van der Waals surface area contributed by atoms with Gasteiger partial charge in [-0.15, -0.1) is 0 Å². The predicted molar refractivity (Wildman–Crippen MR) is 53.7 cm³/mol. The predicted octanol–water partition coefficient (Wildman–Crippen LogP) is 3.44. The lowest BCUT2D eigenvalue weighted by atomic mass is 9.93. The molecule has 1 aromatic rings. The summed E-state index contributed by atoms with van der Waals surface area (Å²) in [4.78, 5) is 0. The SMILES string of the molecule is NC(Cc1ccccc1F)C(C(F)(F)F)C(F)(F)F. The molecule has 0 radical (unpaired) electrons. The second-order valence-corrected chi connectivity index (χ2v) is 4.02. The Balaban J connectivity index is 2.97. The van der Waals surface area contributed by atoms with Crippen LogP contribution in [0, 0.1) is 11.7 Å². The smallest absolute Gasteiger partial charge is 0.327 e. The molecule has 1 unspecified atom stereocenters. The zero-order valence-corrected chi connectivity index (χ0v) is 9.39. The monoisotopic (exact) mass is 289 g/mol. The van der Waals surface area contributed by atoms with E-state index in [1.807, 2.05) is 0 Å². The molecule has 1 rings (SSSR count). The summed E-state index contributed by atoms with van der Waals surface area (Å²) in [5.41, 5.74) is 4.70. The zero-order valence-electron chi connectivity index (χ0n) is 9.39. The van der Waals surface area contributed by atoms with Crippen LogP contribution in [0.15, 0.2) is 24.3 Å². The van der Waals surface area contributed by atoms with Crippen LogP contribution in [0.25, 0.3) is 0 Å². The first-order chi connectivity index (χ1) is 8.53. The van der Waals surface area contributed by atoms with Crippen LogP contribution in [0.1, 0.15) is 5.56 Å². The van der Waals surface area contributed by atoms with Crippen LogP contribution >= 0.6 is 0 Å². The maximum Gasteiger partial charge on any atom is 0.402 e. The Bertz CT molecular complexity index is 410. The first-order valence-electron chi connectivity index (χ1n) is 5.16. The van der Waals surface area contributed by atoms with E-state index in [1.54, 1.807) is 0 Å². The maximum atomic E-state index is 13.2.